The average Bonchev–Trinajstić information content (AvgIpc) is 3.26. The summed E-state index contributed by atoms with van der Waals surface area (Å²) in [5.74, 6) is 0.509. The molecule has 0 unspecified atom stereocenters. The van der Waals surface area contributed by atoms with Gasteiger partial charge < -0.3 is 9.47 Å². The molecule has 8 nitrogen and oxygen atoms in total. The molecule has 0 radical (unpaired) electrons. The van der Waals surface area contributed by atoms with Crippen LogP contribution in [0.4, 0.5) is 10.1 Å². The van der Waals surface area contributed by atoms with Crippen LogP contribution in [0.1, 0.15) is 11.4 Å². The van der Waals surface area contributed by atoms with Gasteiger partial charge in [0.25, 0.3) is 5.56 Å². The maximum absolute atomic E-state index is 14.2. The predicted octanol–water partition coefficient (Wildman–Crippen LogP) is 2.61. The van der Waals surface area contributed by atoms with Gasteiger partial charge in [0.2, 0.25) is 0 Å². The first-order valence-corrected chi connectivity index (χ1v) is 12.0. The van der Waals surface area contributed by atoms with E-state index < -0.39 is 5.69 Å². The van der Waals surface area contributed by atoms with Crippen LogP contribution in [0.25, 0.3) is 17.2 Å². The van der Waals surface area contributed by atoms with Crippen molar-refractivity contribution in [1.29, 1.82) is 0 Å². The monoisotopic (exact) mass is 488 g/mol. The zero-order chi connectivity index (χ0) is 25.2. The van der Waals surface area contributed by atoms with E-state index in [2.05, 4.69) is 9.80 Å². The number of anilines is 1. The third kappa shape index (κ3) is 4.49. The Morgan fingerprint density at radius 3 is 2.33 bits per heavy atom. The summed E-state index contributed by atoms with van der Waals surface area (Å²) in [6.07, 6.45) is 4.01. The number of halogens is 1. The molecule has 0 bridgehead atoms. The van der Waals surface area contributed by atoms with E-state index in [0.717, 1.165) is 29.0 Å². The number of allylic oxidation sites excluding steroid dienone is 1. The fourth-order valence-electron chi connectivity index (χ4n) is 4.72. The number of piperazine rings is 1. The molecule has 9 heteroatoms. The largest absolute Gasteiger partial charge is 0.367 e. The third-order valence-electron chi connectivity index (χ3n) is 6.76. The number of aryl methyl sites for hydroxylation is 1. The highest BCUT2D eigenvalue weighted by Crippen LogP contribution is 2.21. The highest BCUT2D eigenvalue weighted by molar-refractivity contribution is 5.71. The van der Waals surface area contributed by atoms with Crippen LogP contribution >= 0.6 is 0 Å². The lowest BCUT2D eigenvalue weighted by Gasteiger charge is -2.36. The van der Waals surface area contributed by atoms with E-state index in [4.69, 9.17) is 4.98 Å². The van der Waals surface area contributed by atoms with Gasteiger partial charge in [-0.15, -0.1) is 0 Å². The molecule has 2 aromatic heterocycles. The Morgan fingerprint density at radius 2 is 1.61 bits per heavy atom. The molecule has 0 spiro atoms. The van der Waals surface area contributed by atoms with Crippen molar-refractivity contribution in [2.45, 2.75) is 13.1 Å². The highest BCUT2D eigenvalue weighted by atomic mass is 19.1. The number of rotatable bonds is 6. The predicted molar refractivity (Wildman–Crippen MR) is 140 cm³/mol. The minimum atomic E-state index is -0.401. The van der Waals surface area contributed by atoms with Gasteiger partial charge in [-0.2, -0.15) is 0 Å². The molecule has 1 aliphatic rings. The second-order valence-electron chi connectivity index (χ2n) is 9.04. The number of aromatic nitrogens is 4. The van der Waals surface area contributed by atoms with Crippen LogP contribution < -0.4 is 16.1 Å². The molecule has 0 amide bonds. The summed E-state index contributed by atoms with van der Waals surface area (Å²) in [7, 11) is 3.13. The standard InChI is InChI=1S/C27H29FN6O2/c1-30-25-24(26(35)31(2)27(30)36)34(14-8-11-20-9-4-3-5-10-20)23(29-25)19-32-15-17-33(18-16-32)22-13-7-6-12-21(22)28/h3-13H,14-19H2,1-2H3/b11-8-. The number of para-hydroxylation sites is 1. The molecule has 0 saturated carbocycles. The quantitative estimate of drug-likeness (QED) is 0.418. The molecule has 1 fully saturated rings. The number of imidazole rings is 1. The minimum absolute atomic E-state index is 0.213. The van der Waals surface area contributed by atoms with Gasteiger partial charge in [-0.3, -0.25) is 18.8 Å². The van der Waals surface area contributed by atoms with Crippen LogP contribution in [0.15, 0.2) is 70.3 Å². The number of fused-ring (bicyclic) bond motifs is 1. The van der Waals surface area contributed by atoms with E-state index >= 15 is 0 Å². The number of nitrogens with zero attached hydrogens (tertiary/aromatic N) is 6. The van der Waals surface area contributed by atoms with Gasteiger partial charge in [0.05, 0.1) is 12.2 Å². The molecule has 3 heterocycles. The van der Waals surface area contributed by atoms with Crippen molar-refractivity contribution in [2.24, 2.45) is 14.1 Å². The molecular formula is C27H29FN6O2. The second-order valence-corrected chi connectivity index (χ2v) is 9.04. The summed E-state index contributed by atoms with van der Waals surface area (Å²) in [6, 6.07) is 16.8. The Kier molecular flexibility index (Phi) is 6.56. The molecular weight excluding hydrogens is 459 g/mol. The topological polar surface area (TPSA) is 68.3 Å². The van der Waals surface area contributed by atoms with Crippen molar-refractivity contribution < 1.29 is 4.39 Å². The molecule has 0 atom stereocenters. The van der Waals surface area contributed by atoms with Gasteiger partial charge in [0.15, 0.2) is 11.2 Å². The average molecular weight is 489 g/mol. The molecule has 5 rings (SSSR count). The van der Waals surface area contributed by atoms with Crippen LogP contribution in [0.3, 0.4) is 0 Å². The number of hydrogen-bond acceptors (Lipinski definition) is 5. The smallest absolute Gasteiger partial charge is 0.332 e. The molecule has 2 aromatic carbocycles. The van der Waals surface area contributed by atoms with Crippen molar-refractivity contribution in [2.75, 3.05) is 31.1 Å². The van der Waals surface area contributed by atoms with E-state index in [1.165, 1.54) is 17.7 Å². The van der Waals surface area contributed by atoms with Gasteiger partial charge in [0.1, 0.15) is 11.6 Å². The zero-order valence-electron chi connectivity index (χ0n) is 20.5. The minimum Gasteiger partial charge on any atom is -0.367 e. The Hall–Kier alpha value is -3.98. The van der Waals surface area contributed by atoms with Crippen molar-refractivity contribution in [3.05, 3.63) is 98.7 Å². The molecule has 4 aromatic rings. The maximum atomic E-state index is 14.2. The summed E-state index contributed by atoms with van der Waals surface area (Å²) in [4.78, 5) is 34.7. The van der Waals surface area contributed by atoms with E-state index in [9.17, 15) is 14.0 Å². The summed E-state index contributed by atoms with van der Waals surface area (Å²) in [6.45, 7) is 3.81. The lowest BCUT2D eigenvalue weighted by molar-refractivity contribution is 0.241. The van der Waals surface area contributed by atoms with Gasteiger partial charge in [-0.25, -0.2) is 14.2 Å². The molecule has 186 valence electrons. The van der Waals surface area contributed by atoms with Crippen LogP contribution in [-0.2, 0) is 27.2 Å². The second kappa shape index (κ2) is 9.94. The highest BCUT2D eigenvalue weighted by Gasteiger charge is 2.23. The third-order valence-corrected chi connectivity index (χ3v) is 6.76. The van der Waals surface area contributed by atoms with Gasteiger partial charge in [-0.1, -0.05) is 54.6 Å². The Labute approximate surface area is 208 Å². The number of hydrogen-bond donors (Lipinski definition) is 0. The summed E-state index contributed by atoms with van der Waals surface area (Å²) in [5, 5.41) is 0. The van der Waals surface area contributed by atoms with Crippen LogP contribution in [-0.4, -0.2) is 49.8 Å². The van der Waals surface area contributed by atoms with Crippen LogP contribution in [0.2, 0.25) is 0 Å². The summed E-state index contributed by atoms with van der Waals surface area (Å²) in [5.41, 5.74) is 1.72. The summed E-state index contributed by atoms with van der Waals surface area (Å²) < 4.78 is 18.7. The van der Waals surface area contributed by atoms with Crippen molar-refractivity contribution in [3.63, 3.8) is 0 Å². The lowest BCUT2D eigenvalue weighted by atomic mass is 10.2. The molecule has 1 aliphatic heterocycles. The van der Waals surface area contributed by atoms with Crippen LogP contribution in [0.5, 0.6) is 0 Å². The first-order valence-electron chi connectivity index (χ1n) is 12.0. The first-order chi connectivity index (χ1) is 17.4. The molecule has 36 heavy (non-hydrogen) atoms. The Morgan fingerprint density at radius 1 is 0.917 bits per heavy atom. The van der Waals surface area contributed by atoms with E-state index in [0.29, 0.717) is 43.0 Å². The van der Waals surface area contributed by atoms with Crippen molar-refractivity contribution >= 4 is 22.9 Å². The first kappa shape index (κ1) is 23.7. The Bertz CT molecular complexity index is 1530. The van der Waals surface area contributed by atoms with E-state index in [1.807, 2.05) is 53.1 Å². The molecule has 0 N–H and O–H groups in total. The number of benzene rings is 2. The molecule has 1 saturated heterocycles. The van der Waals surface area contributed by atoms with E-state index in [-0.39, 0.29) is 11.4 Å². The maximum Gasteiger partial charge on any atom is 0.332 e. The fourth-order valence-corrected chi connectivity index (χ4v) is 4.72. The fraction of sp³-hybridized carbons (Fsp3) is 0.296. The van der Waals surface area contributed by atoms with Crippen molar-refractivity contribution in [3.8, 4) is 0 Å². The van der Waals surface area contributed by atoms with Gasteiger partial charge in [-0.05, 0) is 17.7 Å². The van der Waals surface area contributed by atoms with Crippen LogP contribution in [0, 0.1) is 5.82 Å². The lowest BCUT2D eigenvalue weighted by Crippen LogP contribution is -2.46. The van der Waals surface area contributed by atoms with Gasteiger partial charge in [0, 0.05) is 46.8 Å². The molecule has 0 aliphatic carbocycles. The van der Waals surface area contributed by atoms with Crippen molar-refractivity contribution in [1.82, 2.24) is 23.6 Å². The Balaban J connectivity index is 1.43. The van der Waals surface area contributed by atoms with Gasteiger partial charge >= 0.3 is 5.69 Å². The normalized spacial score (nSPS) is 14.8. The SMILES string of the molecule is Cn1c(=O)c2c(nc(CN3CCN(c4ccccc4F)CC3)n2C/C=C\c2ccccc2)n(C)c1=O. The zero-order valence-corrected chi connectivity index (χ0v) is 20.5. The summed E-state index contributed by atoms with van der Waals surface area (Å²) >= 11 is 0. The van der Waals surface area contributed by atoms with E-state index in [1.54, 1.807) is 19.2 Å².